The van der Waals surface area contributed by atoms with Crippen molar-refractivity contribution in [3.05, 3.63) is 53.9 Å². The highest BCUT2D eigenvalue weighted by Gasteiger charge is 2.31. The zero-order valence-corrected chi connectivity index (χ0v) is 16.1. The van der Waals surface area contributed by atoms with Crippen LogP contribution in [0.4, 0.5) is 18.9 Å². The monoisotopic (exact) mass is 408 g/mol. The molecule has 1 amide bonds. The van der Waals surface area contributed by atoms with Crippen molar-refractivity contribution in [2.24, 2.45) is 0 Å². The summed E-state index contributed by atoms with van der Waals surface area (Å²) < 4.78 is 40.3. The number of anilines is 1. The summed E-state index contributed by atoms with van der Waals surface area (Å²) in [6.07, 6.45) is -1.03. The molecule has 156 valence electrons. The van der Waals surface area contributed by atoms with Crippen molar-refractivity contribution >= 4 is 11.6 Å². The molecule has 29 heavy (non-hydrogen) atoms. The van der Waals surface area contributed by atoms with Crippen LogP contribution < -0.4 is 10.1 Å². The zero-order chi connectivity index (χ0) is 20.9. The van der Waals surface area contributed by atoms with Gasteiger partial charge in [0, 0.05) is 50.8 Å². The Bertz CT molecular complexity index is 819. The number of ether oxygens (including phenoxy) is 1. The minimum atomic E-state index is -4.73. The molecule has 0 radical (unpaired) electrons. The Morgan fingerprint density at radius 3 is 2.38 bits per heavy atom. The topological polar surface area (TPSA) is 57.7 Å². The normalized spacial score (nSPS) is 15.9. The van der Waals surface area contributed by atoms with Crippen molar-refractivity contribution in [2.45, 2.75) is 19.8 Å². The number of carbonyl (C=O) groups is 1. The van der Waals surface area contributed by atoms with E-state index in [9.17, 15) is 18.0 Å². The van der Waals surface area contributed by atoms with Crippen molar-refractivity contribution in [3.63, 3.8) is 0 Å². The lowest BCUT2D eigenvalue weighted by atomic mass is 10.2. The van der Waals surface area contributed by atoms with Crippen LogP contribution in [-0.2, 0) is 11.3 Å². The molecule has 0 aliphatic carbocycles. The van der Waals surface area contributed by atoms with Gasteiger partial charge in [-0.3, -0.25) is 19.6 Å². The average Bonchev–Trinajstić information content (AvgIpc) is 2.64. The van der Waals surface area contributed by atoms with Gasteiger partial charge in [0.2, 0.25) is 5.91 Å². The summed E-state index contributed by atoms with van der Waals surface area (Å²) in [6, 6.07) is 7.22. The number of aromatic nitrogens is 1. The summed E-state index contributed by atoms with van der Waals surface area (Å²) in [4.78, 5) is 20.8. The van der Waals surface area contributed by atoms with Crippen molar-refractivity contribution in [1.29, 1.82) is 0 Å². The van der Waals surface area contributed by atoms with Crippen molar-refractivity contribution < 1.29 is 22.7 Å². The van der Waals surface area contributed by atoms with Crippen LogP contribution in [0.1, 0.15) is 11.1 Å². The molecule has 2 aromatic rings. The van der Waals surface area contributed by atoms with E-state index in [2.05, 4.69) is 30.9 Å². The number of rotatable bonds is 6. The van der Waals surface area contributed by atoms with Crippen LogP contribution in [0.2, 0.25) is 0 Å². The molecule has 1 aromatic carbocycles. The van der Waals surface area contributed by atoms with Crippen molar-refractivity contribution in [1.82, 2.24) is 14.8 Å². The van der Waals surface area contributed by atoms with E-state index in [1.54, 1.807) is 0 Å². The van der Waals surface area contributed by atoms with E-state index in [4.69, 9.17) is 0 Å². The minimum Gasteiger partial charge on any atom is -0.406 e. The van der Waals surface area contributed by atoms with Gasteiger partial charge in [0.25, 0.3) is 0 Å². The molecule has 6 nitrogen and oxygen atoms in total. The van der Waals surface area contributed by atoms with Gasteiger partial charge in [-0.25, -0.2) is 0 Å². The number of hydrogen-bond acceptors (Lipinski definition) is 5. The molecular formula is C20H23F3N4O2. The number of hydrogen-bond donors (Lipinski definition) is 1. The molecule has 1 aromatic heterocycles. The van der Waals surface area contributed by atoms with E-state index in [-0.39, 0.29) is 18.2 Å². The highest BCUT2D eigenvalue weighted by Crippen LogP contribution is 2.24. The lowest BCUT2D eigenvalue weighted by Crippen LogP contribution is -2.48. The van der Waals surface area contributed by atoms with Gasteiger partial charge in [-0.15, -0.1) is 13.2 Å². The molecule has 2 heterocycles. The number of halogens is 3. The fourth-order valence-corrected chi connectivity index (χ4v) is 3.21. The molecule has 0 spiro atoms. The van der Waals surface area contributed by atoms with Crippen LogP contribution in [0, 0.1) is 6.92 Å². The standard InChI is InChI=1S/C20H23F3N4O2/c1-15-10-16(12-24-11-15)13-26-6-8-27(9-7-26)14-19(28)25-17-2-4-18(5-3-17)29-20(21,22)23/h2-5,10-12H,6-9,13-14H2,1H3,(H,25,28). The number of piperazine rings is 1. The molecule has 1 saturated heterocycles. The van der Waals surface area contributed by atoms with E-state index < -0.39 is 6.36 Å². The number of alkyl halides is 3. The Labute approximate surface area is 167 Å². The Morgan fingerprint density at radius 2 is 1.76 bits per heavy atom. The second-order valence-electron chi connectivity index (χ2n) is 7.04. The summed E-state index contributed by atoms with van der Waals surface area (Å²) in [5.41, 5.74) is 2.74. The second kappa shape index (κ2) is 9.23. The summed E-state index contributed by atoms with van der Waals surface area (Å²) in [6.45, 7) is 6.33. The molecule has 1 N–H and O–H groups in total. The molecule has 0 bridgehead atoms. The maximum atomic E-state index is 12.2. The largest absolute Gasteiger partial charge is 0.573 e. The highest BCUT2D eigenvalue weighted by atomic mass is 19.4. The number of nitrogens with zero attached hydrogens (tertiary/aromatic N) is 3. The van der Waals surface area contributed by atoms with Gasteiger partial charge in [-0.2, -0.15) is 0 Å². The summed E-state index contributed by atoms with van der Waals surface area (Å²) >= 11 is 0. The first-order valence-electron chi connectivity index (χ1n) is 9.28. The third kappa shape index (κ3) is 7.03. The number of benzene rings is 1. The van der Waals surface area contributed by atoms with Crippen LogP contribution in [0.15, 0.2) is 42.7 Å². The third-order valence-electron chi connectivity index (χ3n) is 4.54. The molecule has 0 atom stereocenters. The fourth-order valence-electron chi connectivity index (χ4n) is 3.21. The van der Waals surface area contributed by atoms with Crippen molar-refractivity contribution in [2.75, 3.05) is 38.0 Å². The van der Waals surface area contributed by atoms with Gasteiger partial charge >= 0.3 is 6.36 Å². The van der Waals surface area contributed by atoms with Gasteiger partial charge in [-0.1, -0.05) is 6.07 Å². The average molecular weight is 408 g/mol. The van der Waals surface area contributed by atoms with Gasteiger partial charge in [0.05, 0.1) is 6.54 Å². The quantitative estimate of drug-likeness (QED) is 0.796. The molecule has 0 unspecified atom stereocenters. The third-order valence-corrected chi connectivity index (χ3v) is 4.54. The van der Waals surface area contributed by atoms with Crippen LogP contribution in [0.25, 0.3) is 0 Å². The molecule has 1 aliphatic rings. The first kappa shape index (κ1) is 21.1. The fraction of sp³-hybridized carbons (Fsp3) is 0.400. The zero-order valence-electron chi connectivity index (χ0n) is 16.1. The van der Waals surface area contributed by atoms with E-state index in [0.29, 0.717) is 5.69 Å². The number of amides is 1. The minimum absolute atomic E-state index is 0.203. The lowest BCUT2D eigenvalue weighted by molar-refractivity contribution is -0.274. The van der Waals surface area contributed by atoms with Crippen LogP contribution in [-0.4, -0.2) is 59.8 Å². The number of pyridine rings is 1. The maximum Gasteiger partial charge on any atom is 0.573 e. The maximum absolute atomic E-state index is 12.2. The highest BCUT2D eigenvalue weighted by molar-refractivity contribution is 5.92. The molecule has 0 saturated carbocycles. The predicted molar refractivity (Wildman–Crippen MR) is 102 cm³/mol. The van der Waals surface area contributed by atoms with Gasteiger partial charge in [0.1, 0.15) is 5.75 Å². The first-order valence-corrected chi connectivity index (χ1v) is 9.28. The second-order valence-corrected chi connectivity index (χ2v) is 7.04. The Balaban J connectivity index is 1.41. The van der Waals surface area contributed by atoms with Crippen LogP contribution >= 0.6 is 0 Å². The molecule has 9 heteroatoms. The number of carbonyl (C=O) groups excluding carboxylic acids is 1. The Kier molecular flexibility index (Phi) is 6.71. The van der Waals surface area contributed by atoms with Gasteiger partial charge in [0.15, 0.2) is 0 Å². The summed E-state index contributed by atoms with van der Waals surface area (Å²) in [5, 5.41) is 2.70. The Morgan fingerprint density at radius 1 is 1.10 bits per heavy atom. The van der Waals surface area contributed by atoms with Crippen molar-refractivity contribution in [3.8, 4) is 5.75 Å². The smallest absolute Gasteiger partial charge is 0.406 e. The molecule has 1 aliphatic heterocycles. The molecule has 3 rings (SSSR count). The van der Waals surface area contributed by atoms with Gasteiger partial charge < -0.3 is 10.1 Å². The van der Waals surface area contributed by atoms with E-state index >= 15 is 0 Å². The molecule has 1 fully saturated rings. The SMILES string of the molecule is Cc1cncc(CN2CCN(CC(=O)Nc3ccc(OC(F)(F)F)cc3)CC2)c1. The first-order chi connectivity index (χ1) is 13.8. The predicted octanol–water partition coefficient (Wildman–Crippen LogP) is 3.04. The summed E-state index contributed by atoms with van der Waals surface area (Å²) in [7, 11) is 0. The van der Waals surface area contributed by atoms with E-state index in [1.807, 2.05) is 19.3 Å². The van der Waals surface area contributed by atoms with Crippen LogP contribution in [0.3, 0.4) is 0 Å². The Hall–Kier alpha value is -2.65. The van der Waals surface area contributed by atoms with Crippen LogP contribution in [0.5, 0.6) is 5.75 Å². The van der Waals surface area contributed by atoms with E-state index in [0.717, 1.165) is 38.3 Å². The van der Waals surface area contributed by atoms with Gasteiger partial charge in [-0.05, 0) is 42.3 Å². The number of nitrogens with one attached hydrogen (secondary N) is 1. The lowest BCUT2D eigenvalue weighted by Gasteiger charge is -2.34. The summed E-state index contributed by atoms with van der Waals surface area (Å²) in [5.74, 6) is -0.527. The van der Waals surface area contributed by atoms with E-state index in [1.165, 1.54) is 29.8 Å². The molecular weight excluding hydrogens is 385 g/mol. The number of aryl methyl sites for hydroxylation is 1.